The zero-order valence-corrected chi connectivity index (χ0v) is 11.6. The van der Waals surface area contributed by atoms with Crippen molar-refractivity contribution in [2.75, 3.05) is 5.32 Å². The summed E-state index contributed by atoms with van der Waals surface area (Å²) in [4.78, 5) is 10.0. The summed E-state index contributed by atoms with van der Waals surface area (Å²) in [6.45, 7) is 4.95. The third kappa shape index (κ3) is 2.46. The summed E-state index contributed by atoms with van der Waals surface area (Å²) in [5, 5.41) is 3.23. The van der Waals surface area contributed by atoms with E-state index in [2.05, 4.69) is 35.2 Å². The van der Waals surface area contributed by atoms with Crippen molar-refractivity contribution in [3.8, 4) is 0 Å². The van der Waals surface area contributed by atoms with Crippen molar-refractivity contribution < 1.29 is 4.39 Å². The first-order chi connectivity index (χ1) is 9.11. The summed E-state index contributed by atoms with van der Waals surface area (Å²) in [6, 6.07) is 6.72. The second-order valence-corrected chi connectivity index (χ2v) is 5.89. The molecule has 0 radical (unpaired) electrons. The summed E-state index contributed by atoms with van der Waals surface area (Å²) in [5.74, 6) is 0.413. The number of aryl methyl sites for hydroxylation is 2. The zero-order valence-electron chi connectivity index (χ0n) is 10.7. The lowest BCUT2D eigenvalue weighted by Crippen LogP contribution is -1.98. The minimum absolute atomic E-state index is 0.257. The Morgan fingerprint density at radius 1 is 1.32 bits per heavy atom. The molecule has 0 saturated heterocycles. The molecule has 0 aliphatic rings. The first-order valence-corrected chi connectivity index (χ1v) is 6.88. The number of imidazole rings is 1. The predicted molar refractivity (Wildman–Crippen MR) is 77.2 cm³/mol. The lowest BCUT2D eigenvalue weighted by molar-refractivity contribution is 0.629. The Hall–Kier alpha value is -1.88. The summed E-state index contributed by atoms with van der Waals surface area (Å²) in [5.41, 5.74) is 2.79. The van der Waals surface area contributed by atoms with E-state index in [9.17, 15) is 4.39 Å². The summed E-state index contributed by atoms with van der Waals surface area (Å²) in [7, 11) is 0. The molecule has 0 unspecified atom stereocenters. The smallest absolute Gasteiger partial charge is 0.201 e. The number of halogens is 1. The maximum absolute atomic E-state index is 13.1. The van der Waals surface area contributed by atoms with Crippen molar-refractivity contribution in [1.82, 2.24) is 9.97 Å². The number of fused-ring (bicyclic) bond motifs is 1. The van der Waals surface area contributed by atoms with Gasteiger partial charge in [0.15, 0.2) is 0 Å². The van der Waals surface area contributed by atoms with Crippen LogP contribution in [0.1, 0.15) is 15.3 Å². The first kappa shape index (κ1) is 12.2. The standard InChI is InChI=1S/C14H14FN3S/c1-8-5-11(19-9(8)2)7-16-14-17-12-4-3-10(15)6-13(12)18-14/h3-6H,7H2,1-2H3,(H2,16,17,18). The van der Waals surface area contributed by atoms with Gasteiger partial charge >= 0.3 is 0 Å². The van der Waals surface area contributed by atoms with Gasteiger partial charge in [-0.25, -0.2) is 9.37 Å². The fourth-order valence-corrected chi connectivity index (χ4v) is 2.97. The molecule has 0 aliphatic carbocycles. The number of aromatic nitrogens is 2. The van der Waals surface area contributed by atoms with Gasteiger partial charge in [-0.05, 0) is 43.7 Å². The lowest BCUT2D eigenvalue weighted by atomic mass is 10.3. The van der Waals surface area contributed by atoms with E-state index >= 15 is 0 Å². The molecule has 0 saturated carbocycles. The van der Waals surface area contributed by atoms with Crippen molar-refractivity contribution >= 4 is 28.3 Å². The zero-order chi connectivity index (χ0) is 13.4. The summed E-state index contributed by atoms with van der Waals surface area (Å²) < 4.78 is 13.1. The van der Waals surface area contributed by atoms with Crippen molar-refractivity contribution in [2.45, 2.75) is 20.4 Å². The van der Waals surface area contributed by atoms with E-state index in [1.54, 1.807) is 17.4 Å². The fourth-order valence-electron chi connectivity index (χ4n) is 1.97. The average molecular weight is 275 g/mol. The maximum Gasteiger partial charge on any atom is 0.201 e. The van der Waals surface area contributed by atoms with Gasteiger partial charge in [0.25, 0.3) is 0 Å². The second-order valence-electron chi connectivity index (χ2n) is 4.55. The molecule has 98 valence electrons. The molecule has 2 heterocycles. The molecule has 3 aromatic rings. The SMILES string of the molecule is Cc1cc(CNc2nc3ccc(F)cc3[nH]2)sc1C. The molecule has 3 rings (SSSR count). The molecule has 0 aliphatic heterocycles. The van der Waals surface area contributed by atoms with E-state index in [0.29, 0.717) is 11.5 Å². The fraction of sp³-hybridized carbons (Fsp3) is 0.214. The quantitative estimate of drug-likeness (QED) is 0.758. The van der Waals surface area contributed by atoms with Crippen LogP contribution in [0.2, 0.25) is 0 Å². The first-order valence-electron chi connectivity index (χ1n) is 6.07. The number of aromatic amines is 1. The average Bonchev–Trinajstić information content (AvgIpc) is 2.90. The maximum atomic E-state index is 13.1. The topological polar surface area (TPSA) is 40.7 Å². The number of nitrogens with one attached hydrogen (secondary N) is 2. The predicted octanol–water partition coefficient (Wildman–Crippen LogP) is 3.99. The summed E-state index contributed by atoms with van der Waals surface area (Å²) in [6.07, 6.45) is 0. The summed E-state index contributed by atoms with van der Waals surface area (Å²) >= 11 is 1.78. The Kier molecular flexibility index (Phi) is 2.98. The van der Waals surface area contributed by atoms with Gasteiger partial charge in [-0.3, -0.25) is 0 Å². The van der Waals surface area contributed by atoms with Gasteiger partial charge in [-0.1, -0.05) is 0 Å². The Morgan fingerprint density at radius 2 is 2.16 bits per heavy atom. The van der Waals surface area contributed by atoms with Gasteiger partial charge in [0.2, 0.25) is 5.95 Å². The van der Waals surface area contributed by atoms with Gasteiger partial charge in [0, 0.05) is 9.75 Å². The number of nitrogens with zero attached hydrogens (tertiary/aromatic N) is 1. The van der Waals surface area contributed by atoms with Gasteiger partial charge in [0.1, 0.15) is 5.82 Å². The molecule has 19 heavy (non-hydrogen) atoms. The number of benzene rings is 1. The molecule has 2 N–H and O–H groups in total. The number of anilines is 1. The highest BCUT2D eigenvalue weighted by Crippen LogP contribution is 2.22. The highest BCUT2D eigenvalue weighted by Gasteiger charge is 2.05. The normalized spacial score (nSPS) is 11.1. The van der Waals surface area contributed by atoms with Crippen molar-refractivity contribution in [2.24, 2.45) is 0 Å². The van der Waals surface area contributed by atoms with E-state index in [4.69, 9.17) is 0 Å². The van der Waals surface area contributed by atoms with Crippen LogP contribution in [0, 0.1) is 19.7 Å². The van der Waals surface area contributed by atoms with Crippen molar-refractivity contribution in [1.29, 1.82) is 0 Å². The molecule has 2 aromatic heterocycles. The van der Waals surface area contributed by atoms with E-state index in [0.717, 1.165) is 12.1 Å². The van der Waals surface area contributed by atoms with Gasteiger partial charge in [0.05, 0.1) is 17.6 Å². The van der Waals surface area contributed by atoms with E-state index in [1.807, 2.05) is 0 Å². The van der Waals surface area contributed by atoms with Crippen LogP contribution in [-0.2, 0) is 6.54 Å². The molecule has 0 atom stereocenters. The van der Waals surface area contributed by atoms with Gasteiger partial charge in [-0.15, -0.1) is 11.3 Å². The highest BCUT2D eigenvalue weighted by atomic mass is 32.1. The molecule has 0 bridgehead atoms. The van der Waals surface area contributed by atoms with Crippen LogP contribution in [-0.4, -0.2) is 9.97 Å². The minimum atomic E-state index is -0.257. The van der Waals surface area contributed by atoms with E-state index < -0.39 is 0 Å². The van der Waals surface area contributed by atoms with Crippen LogP contribution in [0.5, 0.6) is 0 Å². The van der Waals surface area contributed by atoms with Gasteiger partial charge < -0.3 is 10.3 Å². The van der Waals surface area contributed by atoms with Crippen LogP contribution >= 0.6 is 11.3 Å². The monoisotopic (exact) mass is 275 g/mol. The Balaban J connectivity index is 1.78. The van der Waals surface area contributed by atoms with Crippen LogP contribution in [0.4, 0.5) is 10.3 Å². The number of rotatable bonds is 3. The number of H-pyrrole nitrogens is 1. The molecule has 0 spiro atoms. The lowest BCUT2D eigenvalue weighted by Gasteiger charge is -1.98. The molecular formula is C14H14FN3S. The second kappa shape index (κ2) is 4.66. The van der Waals surface area contributed by atoms with Crippen molar-refractivity contribution in [3.05, 3.63) is 45.4 Å². The third-order valence-corrected chi connectivity index (χ3v) is 4.24. The Morgan fingerprint density at radius 3 is 2.89 bits per heavy atom. The molecule has 5 heteroatoms. The molecule has 0 fully saturated rings. The van der Waals surface area contributed by atoms with E-state index in [1.165, 1.54) is 27.5 Å². The third-order valence-electron chi connectivity index (χ3n) is 3.09. The Bertz CT molecular complexity index is 710. The molecule has 3 nitrogen and oxygen atoms in total. The molecule has 0 amide bonds. The van der Waals surface area contributed by atoms with Crippen LogP contribution < -0.4 is 5.32 Å². The van der Waals surface area contributed by atoms with Crippen LogP contribution in [0.3, 0.4) is 0 Å². The highest BCUT2D eigenvalue weighted by molar-refractivity contribution is 7.12. The van der Waals surface area contributed by atoms with Gasteiger partial charge in [-0.2, -0.15) is 0 Å². The van der Waals surface area contributed by atoms with E-state index in [-0.39, 0.29) is 5.82 Å². The number of hydrogen-bond donors (Lipinski definition) is 2. The molecular weight excluding hydrogens is 261 g/mol. The minimum Gasteiger partial charge on any atom is -0.351 e. The van der Waals surface area contributed by atoms with Crippen molar-refractivity contribution in [3.63, 3.8) is 0 Å². The van der Waals surface area contributed by atoms with Crippen LogP contribution in [0.15, 0.2) is 24.3 Å². The van der Waals surface area contributed by atoms with Crippen LogP contribution in [0.25, 0.3) is 11.0 Å². The number of thiophene rings is 1. The molecule has 1 aromatic carbocycles. The number of hydrogen-bond acceptors (Lipinski definition) is 3. The largest absolute Gasteiger partial charge is 0.351 e. The Labute approximate surface area is 114 Å².